The van der Waals surface area contributed by atoms with E-state index in [1.165, 1.54) is 0 Å². The Labute approximate surface area is 82.2 Å². The molecule has 14 heavy (non-hydrogen) atoms. The highest BCUT2D eigenvalue weighted by Gasteiger charge is 2.26. The summed E-state index contributed by atoms with van der Waals surface area (Å²) in [7, 11) is 0. The quantitative estimate of drug-likeness (QED) is 0.680. The second-order valence-corrected chi connectivity index (χ2v) is 2.90. The van der Waals surface area contributed by atoms with Crippen LogP contribution in [0.15, 0.2) is 6.07 Å². The average Bonchev–Trinajstić information content (AvgIpc) is 2.42. The van der Waals surface area contributed by atoms with Crippen LogP contribution in [0.1, 0.15) is 10.4 Å². The molecule has 2 aliphatic rings. The van der Waals surface area contributed by atoms with E-state index < -0.39 is 22.6 Å². The molecule has 3 rings (SSSR count). The lowest BCUT2D eigenvalue weighted by Crippen LogP contribution is -2.03. The zero-order valence-corrected chi connectivity index (χ0v) is 7.40. The van der Waals surface area contributed by atoms with Gasteiger partial charge in [-0.05, 0) is 17.7 Å². The van der Waals surface area contributed by atoms with Crippen molar-refractivity contribution in [1.82, 2.24) is 0 Å². The van der Waals surface area contributed by atoms with Crippen molar-refractivity contribution < 1.29 is 23.0 Å². The molecular formula is C8H3ClF2O3. The number of fused-ring (bicyclic) bond motifs is 4. The monoisotopic (exact) mass is 220 g/mol. The predicted molar refractivity (Wildman–Crippen MR) is 42.7 cm³/mol. The minimum absolute atomic E-state index is 0.238. The molecular weight excluding hydrogens is 218 g/mol. The molecule has 0 atom stereocenters. The molecule has 2 aliphatic heterocycles. The van der Waals surface area contributed by atoms with Crippen LogP contribution in [0.25, 0.3) is 0 Å². The van der Waals surface area contributed by atoms with Crippen molar-refractivity contribution in [3.63, 3.8) is 0 Å². The molecule has 0 unspecified atom stereocenters. The number of carbonyl (C=O) groups is 1. The highest BCUT2D eigenvalue weighted by Crippen LogP contribution is 2.35. The molecule has 1 aromatic rings. The summed E-state index contributed by atoms with van der Waals surface area (Å²) in [6, 6.07) is 1.01. The van der Waals surface area contributed by atoms with Crippen molar-refractivity contribution in [1.29, 1.82) is 0 Å². The summed E-state index contributed by atoms with van der Waals surface area (Å²) in [5, 5.41) is -0.925. The van der Waals surface area contributed by atoms with E-state index in [-0.39, 0.29) is 18.1 Å². The maximum atomic E-state index is 13.1. The highest BCUT2D eigenvalue weighted by atomic mass is 35.5. The molecule has 2 bridgehead atoms. The maximum Gasteiger partial charge on any atom is 0.256 e. The molecule has 0 saturated heterocycles. The number of ether oxygens (including phenoxy) is 2. The lowest BCUT2D eigenvalue weighted by atomic mass is 10.2. The number of rotatable bonds is 1. The summed E-state index contributed by atoms with van der Waals surface area (Å²) in [5.41, 5.74) is -0.238. The molecule has 6 heteroatoms. The second-order valence-electron chi connectivity index (χ2n) is 2.56. The topological polar surface area (TPSA) is 35.5 Å². The van der Waals surface area contributed by atoms with Gasteiger partial charge in [0.2, 0.25) is 18.4 Å². The third kappa shape index (κ3) is 1.21. The molecule has 0 radical (unpaired) electrons. The van der Waals surface area contributed by atoms with Gasteiger partial charge in [0.1, 0.15) is 0 Å². The van der Waals surface area contributed by atoms with Crippen molar-refractivity contribution in [2.24, 2.45) is 0 Å². The van der Waals surface area contributed by atoms with Gasteiger partial charge in [-0.1, -0.05) is 0 Å². The van der Waals surface area contributed by atoms with E-state index >= 15 is 0 Å². The van der Waals surface area contributed by atoms with Crippen LogP contribution in [0.3, 0.4) is 0 Å². The first-order chi connectivity index (χ1) is 6.61. The molecule has 0 fully saturated rings. The van der Waals surface area contributed by atoms with E-state index in [0.29, 0.717) is 0 Å². The molecule has 74 valence electrons. The predicted octanol–water partition coefficient (Wildman–Crippen LogP) is 2.07. The molecule has 0 saturated carbocycles. The van der Waals surface area contributed by atoms with Crippen LogP contribution in [0.4, 0.5) is 8.78 Å². The van der Waals surface area contributed by atoms with Gasteiger partial charge in [-0.3, -0.25) is 4.79 Å². The van der Waals surface area contributed by atoms with Crippen LogP contribution in [0.5, 0.6) is 11.5 Å². The zero-order chi connectivity index (χ0) is 10.3. The zero-order valence-electron chi connectivity index (χ0n) is 6.64. The van der Waals surface area contributed by atoms with E-state index in [9.17, 15) is 13.6 Å². The van der Waals surface area contributed by atoms with Crippen LogP contribution in [0.2, 0.25) is 0 Å². The van der Waals surface area contributed by atoms with Crippen molar-refractivity contribution in [2.45, 2.75) is 0 Å². The van der Waals surface area contributed by atoms with Gasteiger partial charge in [-0.25, -0.2) is 0 Å². The van der Waals surface area contributed by atoms with Crippen LogP contribution in [-0.2, 0) is 0 Å². The standard InChI is InChI=1S/C8H3ClF2O3/c9-8(12)3-1-4-5(10)6(11)7(3)14-2-13-4/h1H,2H2. The summed E-state index contributed by atoms with van der Waals surface area (Å²) in [4.78, 5) is 10.8. The van der Waals surface area contributed by atoms with Crippen molar-refractivity contribution in [2.75, 3.05) is 6.79 Å². The number of hydrogen-bond donors (Lipinski definition) is 0. The van der Waals surface area contributed by atoms with E-state index in [2.05, 4.69) is 9.47 Å². The first kappa shape index (κ1) is 9.21. The van der Waals surface area contributed by atoms with Crippen LogP contribution in [-0.4, -0.2) is 12.0 Å². The lowest BCUT2D eigenvalue weighted by Gasteiger charge is -2.02. The Bertz CT molecular complexity index is 420. The van der Waals surface area contributed by atoms with E-state index in [0.717, 1.165) is 6.07 Å². The third-order valence-electron chi connectivity index (χ3n) is 1.76. The smallest absolute Gasteiger partial charge is 0.256 e. The SMILES string of the molecule is O=C(Cl)c1cc2c(F)c(F)c1OCO2. The first-order valence-corrected chi connectivity index (χ1v) is 3.96. The van der Waals surface area contributed by atoms with Crippen molar-refractivity contribution in [3.05, 3.63) is 23.3 Å². The van der Waals surface area contributed by atoms with E-state index in [1.807, 2.05) is 0 Å². The maximum absolute atomic E-state index is 13.1. The number of benzene rings is 1. The Balaban J connectivity index is 2.73. The van der Waals surface area contributed by atoms with Gasteiger partial charge in [0, 0.05) is 0 Å². The average molecular weight is 221 g/mol. The largest absolute Gasteiger partial charge is 0.454 e. The summed E-state index contributed by atoms with van der Waals surface area (Å²) < 4.78 is 35.5. The van der Waals surface area contributed by atoms with Crippen molar-refractivity contribution >= 4 is 16.8 Å². The summed E-state index contributed by atoms with van der Waals surface area (Å²) >= 11 is 5.15. The van der Waals surface area contributed by atoms with Crippen LogP contribution < -0.4 is 9.47 Å². The Hall–Kier alpha value is -1.36. The molecule has 0 aromatic heterocycles. The molecule has 0 N–H and O–H groups in total. The van der Waals surface area contributed by atoms with E-state index in [1.54, 1.807) is 0 Å². The Morgan fingerprint density at radius 1 is 1.36 bits per heavy atom. The molecule has 1 aromatic carbocycles. The minimum atomic E-state index is -1.26. The van der Waals surface area contributed by atoms with Gasteiger partial charge in [-0.15, -0.1) is 0 Å². The van der Waals surface area contributed by atoms with Gasteiger partial charge in [-0.2, -0.15) is 8.78 Å². The minimum Gasteiger partial charge on any atom is -0.454 e. The summed E-state index contributed by atoms with van der Waals surface area (Å²) in [5.74, 6) is -3.33. The fourth-order valence-corrected chi connectivity index (χ4v) is 1.27. The second kappa shape index (κ2) is 3.09. The number of halogens is 3. The molecule has 0 aliphatic carbocycles. The van der Waals surface area contributed by atoms with Gasteiger partial charge < -0.3 is 9.47 Å². The number of hydrogen-bond acceptors (Lipinski definition) is 3. The van der Waals surface area contributed by atoms with Crippen LogP contribution in [0, 0.1) is 11.6 Å². The first-order valence-electron chi connectivity index (χ1n) is 3.58. The van der Waals surface area contributed by atoms with E-state index in [4.69, 9.17) is 11.6 Å². The fraction of sp³-hybridized carbons (Fsp3) is 0.125. The Morgan fingerprint density at radius 2 is 2.07 bits per heavy atom. The van der Waals surface area contributed by atoms with Gasteiger partial charge in [0.15, 0.2) is 11.5 Å². The summed E-state index contributed by atoms with van der Waals surface area (Å²) in [6.45, 7) is -0.352. The van der Waals surface area contributed by atoms with Gasteiger partial charge in [0.05, 0.1) is 5.56 Å². The summed E-state index contributed by atoms with van der Waals surface area (Å²) in [6.07, 6.45) is 0. The van der Waals surface area contributed by atoms with Gasteiger partial charge >= 0.3 is 0 Å². The van der Waals surface area contributed by atoms with Crippen LogP contribution >= 0.6 is 11.6 Å². The third-order valence-corrected chi connectivity index (χ3v) is 1.96. The normalized spacial score (nSPS) is 13.1. The Kier molecular flexibility index (Phi) is 2.03. The molecule has 2 heterocycles. The molecule has 0 spiro atoms. The van der Waals surface area contributed by atoms with Gasteiger partial charge in [0.25, 0.3) is 5.24 Å². The van der Waals surface area contributed by atoms with Crippen molar-refractivity contribution in [3.8, 4) is 11.5 Å². The lowest BCUT2D eigenvalue weighted by molar-refractivity contribution is 0.106. The molecule has 0 amide bonds. The number of carbonyl (C=O) groups excluding carboxylic acids is 1. The molecule has 3 nitrogen and oxygen atoms in total. The Morgan fingerprint density at radius 3 is 2.71 bits per heavy atom. The highest BCUT2D eigenvalue weighted by molar-refractivity contribution is 6.68. The fourth-order valence-electron chi connectivity index (χ4n) is 1.13.